The van der Waals surface area contributed by atoms with Crippen molar-refractivity contribution in [3.05, 3.63) is 47.5 Å². The molecule has 1 aliphatic heterocycles. The Morgan fingerprint density at radius 1 is 1.12 bits per heavy atom. The van der Waals surface area contributed by atoms with Crippen molar-refractivity contribution in [2.45, 2.75) is 22.6 Å². The van der Waals surface area contributed by atoms with Gasteiger partial charge in [0.15, 0.2) is 15.0 Å². The third-order valence-electron chi connectivity index (χ3n) is 5.46. The molecular weight excluding hydrogens is 486 g/mol. The maximum atomic E-state index is 12.6. The van der Waals surface area contributed by atoms with Gasteiger partial charge < -0.3 is 9.80 Å². The number of carbonyl (C=O) groups is 1. The van der Waals surface area contributed by atoms with E-state index in [2.05, 4.69) is 29.4 Å². The number of benzene rings is 2. The summed E-state index contributed by atoms with van der Waals surface area (Å²) < 4.78 is 26.0. The maximum Gasteiger partial charge on any atom is 0.222 e. The van der Waals surface area contributed by atoms with Gasteiger partial charge in [-0.05, 0) is 55.1 Å². The molecule has 0 aliphatic carbocycles. The maximum absolute atomic E-state index is 12.6. The number of anilines is 1. The Morgan fingerprint density at radius 3 is 2.53 bits per heavy atom. The number of nitrogens with zero attached hydrogens (tertiary/aromatic N) is 3. The van der Waals surface area contributed by atoms with E-state index in [0.717, 1.165) is 23.7 Å². The van der Waals surface area contributed by atoms with E-state index in [4.69, 9.17) is 16.6 Å². The van der Waals surface area contributed by atoms with E-state index in [-0.39, 0.29) is 23.0 Å². The third-order valence-corrected chi connectivity index (χ3v) is 9.34. The number of piperazine rings is 1. The summed E-state index contributed by atoms with van der Waals surface area (Å²) in [6, 6.07) is 12.4. The van der Waals surface area contributed by atoms with Crippen LogP contribution in [0.25, 0.3) is 10.2 Å². The number of amides is 1. The van der Waals surface area contributed by atoms with Crippen LogP contribution in [0.4, 0.5) is 5.13 Å². The molecule has 1 aromatic heterocycles. The number of rotatable bonds is 7. The molecule has 2 heterocycles. The fourth-order valence-corrected chi connectivity index (χ4v) is 6.64. The molecule has 3 aromatic rings. The summed E-state index contributed by atoms with van der Waals surface area (Å²) in [4.78, 5) is 22.9. The first-order valence-corrected chi connectivity index (χ1v) is 14.4. The van der Waals surface area contributed by atoms with Crippen molar-refractivity contribution in [2.75, 3.05) is 43.1 Å². The van der Waals surface area contributed by atoms with Crippen LogP contribution in [-0.2, 0) is 14.6 Å². The Balaban J connectivity index is 1.27. The summed E-state index contributed by atoms with van der Waals surface area (Å²) in [5.41, 5.74) is 1.00. The predicted octanol–water partition coefficient (Wildman–Crippen LogP) is 4.57. The smallest absolute Gasteiger partial charge is 0.222 e. The van der Waals surface area contributed by atoms with Crippen LogP contribution in [0, 0.1) is 0 Å². The Kier molecular flexibility index (Phi) is 7.29. The summed E-state index contributed by atoms with van der Waals surface area (Å²) >= 11 is 9.22. The Labute approximate surface area is 201 Å². The number of aromatic nitrogens is 1. The molecule has 0 radical (unpaired) electrons. The highest BCUT2D eigenvalue weighted by Gasteiger charge is 2.24. The molecule has 4 rings (SSSR count). The fourth-order valence-electron chi connectivity index (χ4n) is 3.63. The van der Waals surface area contributed by atoms with Gasteiger partial charge in [-0.3, -0.25) is 4.79 Å². The van der Waals surface area contributed by atoms with Crippen molar-refractivity contribution >= 4 is 65.8 Å². The van der Waals surface area contributed by atoms with Gasteiger partial charge in [-0.25, -0.2) is 13.4 Å². The predicted molar refractivity (Wildman–Crippen MR) is 133 cm³/mol. The number of thioether (sulfide) groups is 1. The fraction of sp³-hybridized carbons (Fsp3) is 0.364. The summed E-state index contributed by atoms with van der Waals surface area (Å²) in [7, 11) is -3.41. The topological polar surface area (TPSA) is 70.6 Å². The first-order chi connectivity index (χ1) is 15.4. The molecular formula is C22H24ClN3O3S3. The molecule has 10 heteroatoms. The van der Waals surface area contributed by atoms with E-state index in [1.165, 1.54) is 21.7 Å². The van der Waals surface area contributed by atoms with Crippen molar-refractivity contribution in [1.29, 1.82) is 0 Å². The van der Waals surface area contributed by atoms with Crippen LogP contribution < -0.4 is 4.90 Å². The van der Waals surface area contributed by atoms with Gasteiger partial charge in [-0.1, -0.05) is 22.9 Å². The van der Waals surface area contributed by atoms with Crippen molar-refractivity contribution < 1.29 is 13.2 Å². The van der Waals surface area contributed by atoms with Crippen molar-refractivity contribution in [1.82, 2.24) is 9.88 Å². The van der Waals surface area contributed by atoms with Gasteiger partial charge >= 0.3 is 0 Å². The number of hydrogen-bond donors (Lipinski definition) is 0. The van der Waals surface area contributed by atoms with Gasteiger partial charge in [-0.15, -0.1) is 11.8 Å². The van der Waals surface area contributed by atoms with Crippen LogP contribution in [0.2, 0.25) is 5.02 Å². The minimum Gasteiger partial charge on any atom is -0.345 e. The van der Waals surface area contributed by atoms with E-state index in [0.29, 0.717) is 24.5 Å². The molecule has 32 heavy (non-hydrogen) atoms. The number of carbonyl (C=O) groups excluding carboxylic acids is 1. The van der Waals surface area contributed by atoms with Crippen LogP contribution in [0.1, 0.15) is 12.8 Å². The summed E-state index contributed by atoms with van der Waals surface area (Å²) in [5.74, 6) is -0.0470. The monoisotopic (exact) mass is 509 g/mol. The highest BCUT2D eigenvalue weighted by atomic mass is 35.5. The third kappa shape index (κ3) is 5.39. The van der Waals surface area contributed by atoms with Crippen LogP contribution >= 0.6 is 34.7 Å². The second kappa shape index (κ2) is 9.99. The normalized spacial score (nSPS) is 14.8. The van der Waals surface area contributed by atoms with E-state index in [9.17, 15) is 13.2 Å². The summed E-state index contributed by atoms with van der Waals surface area (Å²) in [5, 5.41) is 1.48. The molecule has 1 saturated heterocycles. The van der Waals surface area contributed by atoms with Crippen molar-refractivity contribution in [3.63, 3.8) is 0 Å². The average Bonchev–Trinajstić information content (AvgIpc) is 3.22. The lowest BCUT2D eigenvalue weighted by atomic mass is 10.2. The molecule has 6 nitrogen and oxygen atoms in total. The molecule has 1 aliphatic rings. The molecule has 0 bridgehead atoms. The van der Waals surface area contributed by atoms with Crippen LogP contribution in [0.3, 0.4) is 0 Å². The van der Waals surface area contributed by atoms with Crippen LogP contribution in [0.5, 0.6) is 0 Å². The van der Waals surface area contributed by atoms with E-state index in [1.54, 1.807) is 35.2 Å². The Hall–Kier alpha value is -1.81. The quantitative estimate of drug-likeness (QED) is 0.434. The Morgan fingerprint density at radius 2 is 1.84 bits per heavy atom. The SMILES string of the molecule is CSc1ccc2nc(N3CCN(C(=O)CCCS(=O)(=O)c4ccc(Cl)cc4)CC3)sc2c1. The van der Waals surface area contributed by atoms with Gasteiger partial charge in [0.1, 0.15) is 0 Å². The zero-order valence-corrected chi connectivity index (χ0v) is 20.9. The molecule has 170 valence electrons. The highest BCUT2D eigenvalue weighted by Crippen LogP contribution is 2.32. The molecule has 1 amide bonds. The first kappa shape index (κ1) is 23.4. The van der Waals surface area contributed by atoms with Gasteiger partial charge in [-0.2, -0.15) is 0 Å². The molecule has 2 aromatic carbocycles. The molecule has 1 fully saturated rings. The summed E-state index contributed by atoms with van der Waals surface area (Å²) in [6.45, 7) is 2.69. The lowest BCUT2D eigenvalue weighted by molar-refractivity contribution is -0.131. The molecule has 0 atom stereocenters. The van der Waals surface area contributed by atoms with Crippen LogP contribution in [0.15, 0.2) is 52.3 Å². The van der Waals surface area contributed by atoms with Gasteiger partial charge in [0.05, 0.1) is 20.9 Å². The highest BCUT2D eigenvalue weighted by molar-refractivity contribution is 7.98. The standard InChI is InChI=1S/C22H24ClN3O3S3/c1-30-17-6-9-19-20(15-17)31-22(24-19)26-12-10-25(11-13-26)21(27)3-2-14-32(28,29)18-7-4-16(23)5-8-18/h4-9,15H,2-3,10-14H2,1H3. The number of halogens is 1. The van der Waals surface area contributed by atoms with Crippen molar-refractivity contribution in [2.24, 2.45) is 0 Å². The Bertz CT molecular complexity index is 1200. The first-order valence-electron chi connectivity index (χ1n) is 10.3. The van der Waals surface area contributed by atoms with E-state index < -0.39 is 9.84 Å². The average molecular weight is 510 g/mol. The molecule has 0 spiro atoms. The number of sulfone groups is 1. The molecule has 0 saturated carbocycles. The zero-order chi connectivity index (χ0) is 22.7. The summed E-state index contributed by atoms with van der Waals surface area (Å²) in [6.07, 6.45) is 2.59. The second-order valence-corrected chi connectivity index (χ2v) is 12.0. The molecule has 0 unspecified atom stereocenters. The van der Waals surface area contributed by atoms with Crippen molar-refractivity contribution in [3.8, 4) is 0 Å². The van der Waals surface area contributed by atoms with Gasteiger partial charge in [0.2, 0.25) is 5.91 Å². The number of hydrogen-bond acceptors (Lipinski definition) is 7. The largest absolute Gasteiger partial charge is 0.345 e. The molecule has 0 N–H and O–H groups in total. The minimum atomic E-state index is -3.41. The van der Waals surface area contributed by atoms with Gasteiger partial charge in [0.25, 0.3) is 0 Å². The number of fused-ring (bicyclic) bond motifs is 1. The van der Waals surface area contributed by atoms with E-state index >= 15 is 0 Å². The zero-order valence-electron chi connectivity index (χ0n) is 17.7. The lowest BCUT2D eigenvalue weighted by Gasteiger charge is -2.34. The van der Waals surface area contributed by atoms with Crippen LogP contribution in [-0.4, -0.2) is 62.4 Å². The minimum absolute atomic E-state index is 0.00451. The second-order valence-electron chi connectivity index (χ2n) is 7.57. The van der Waals surface area contributed by atoms with Gasteiger partial charge in [0, 0.05) is 42.5 Å². The lowest BCUT2D eigenvalue weighted by Crippen LogP contribution is -2.48. The number of thiazole rings is 1. The van der Waals surface area contributed by atoms with E-state index in [1.807, 2.05) is 4.90 Å².